The van der Waals surface area contributed by atoms with Gasteiger partial charge in [-0.25, -0.2) is 0 Å². The Morgan fingerprint density at radius 1 is 0.263 bits per heavy atom. The van der Waals surface area contributed by atoms with Gasteiger partial charge in [-0.1, -0.05) is 240 Å². The minimum absolute atomic E-state index is 0.983. The van der Waals surface area contributed by atoms with Crippen LogP contribution in [0.4, 0.5) is 0 Å². The minimum atomic E-state index is 0.983. The van der Waals surface area contributed by atoms with Gasteiger partial charge in [0.1, 0.15) is 0 Å². The Morgan fingerprint density at radius 2 is 0.674 bits per heavy atom. The second-order valence-corrected chi connectivity index (χ2v) is 28.2. The van der Waals surface area contributed by atoms with Gasteiger partial charge in [0.05, 0.1) is 33.1 Å². The van der Waals surface area contributed by atoms with Crippen LogP contribution in [0.3, 0.4) is 0 Å². The molecule has 0 fully saturated rings. The van der Waals surface area contributed by atoms with Crippen molar-refractivity contribution in [1.29, 1.82) is 0 Å². The molecule has 0 radical (unpaired) electrons. The molecule has 444 valence electrons. The van der Waals surface area contributed by atoms with Gasteiger partial charge in [0, 0.05) is 110 Å². The van der Waals surface area contributed by atoms with E-state index in [1.54, 1.807) is 0 Å². The van der Waals surface area contributed by atoms with Crippen LogP contribution in [0.1, 0.15) is 11.1 Å². The average Bonchev–Trinajstić information content (AvgIpc) is 1.54. The Kier molecular flexibility index (Phi) is 12.3. The van der Waals surface area contributed by atoms with E-state index in [-0.39, 0.29) is 0 Å². The number of nitrogens with zero attached hydrogens (tertiary/aromatic N) is 3. The van der Waals surface area contributed by atoms with E-state index in [4.69, 9.17) is 0 Å². The molecule has 0 atom stereocenters. The van der Waals surface area contributed by atoms with Crippen LogP contribution in [-0.2, 0) is 6.42 Å². The monoisotopic (exact) mass is 1310 g/mol. The first-order valence-corrected chi connectivity index (χ1v) is 34.9. The second-order valence-electron chi connectivity index (χ2n) is 25.1. The van der Waals surface area contributed by atoms with E-state index in [0.717, 1.165) is 10.9 Å². The number of hydrogen-bond acceptors (Lipinski definition) is 2. The van der Waals surface area contributed by atoms with Crippen LogP contribution in [0.2, 0.25) is 0 Å². The summed E-state index contributed by atoms with van der Waals surface area (Å²) >= 11 is 7.22. The Morgan fingerprint density at radius 3 is 1.27 bits per heavy atom. The van der Waals surface area contributed by atoms with Crippen molar-refractivity contribution in [2.45, 2.75) is 6.42 Å². The number of aromatic nitrogens is 3. The third-order valence-electron chi connectivity index (χ3n) is 19.9. The maximum atomic E-state index is 3.50. The van der Waals surface area contributed by atoms with Gasteiger partial charge in [-0.15, -0.1) is 22.7 Å². The molecule has 5 heterocycles. The first-order chi connectivity index (χ1) is 47.1. The molecule has 0 aliphatic heterocycles. The van der Waals surface area contributed by atoms with Crippen molar-refractivity contribution in [1.82, 2.24) is 13.7 Å². The van der Waals surface area contributed by atoms with E-state index in [2.05, 4.69) is 345 Å². The lowest BCUT2D eigenvalue weighted by Crippen LogP contribution is -1.96. The van der Waals surface area contributed by atoms with Gasteiger partial charge in [0.2, 0.25) is 0 Å². The summed E-state index contributed by atoms with van der Waals surface area (Å²) in [5.74, 6) is 0. The van der Waals surface area contributed by atoms with Crippen LogP contribution in [0, 0.1) is 0 Å². The molecule has 1 aliphatic rings. The Bertz CT molecular complexity index is 6760. The summed E-state index contributed by atoms with van der Waals surface area (Å²) in [4.78, 5) is 0. The molecule has 95 heavy (non-hydrogen) atoms. The molecule has 0 saturated carbocycles. The van der Waals surface area contributed by atoms with E-state index in [1.807, 2.05) is 22.7 Å². The first-order valence-electron chi connectivity index (χ1n) is 32.5. The summed E-state index contributed by atoms with van der Waals surface area (Å²) in [6.45, 7) is 0. The number of fused-ring (bicyclic) bond motifs is 28. The van der Waals surface area contributed by atoms with Gasteiger partial charge in [-0.2, -0.15) is 0 Å². The topological polar surface area (TPSA) is 14.8 Å². The summed E-state index contributed by atoms with van der Waals surface area (Å²) in [7, 11) is 0. The zero-order valence-corrected chi connectivity index (χ0v) is 54.5. The Hall–Kier alpha value is -11.1. The summed E-state index contributed by atoms with van der Waals surface area (Å²) in [5, 5.41) is 23.6. The lowest BCUT2D eigenvalue weighted by Gasteiger charge is -2.13. The van der Waals surface area contributed by atoms with Gasteiger partial charge in [0.25, 0.3) is 0 Å². The van der Waals surface area contributed by atoms with Crippen LogP contribution in [0.5, 0.6) is 0 Å². The molecule has 0 saturated heterocycles. The van der Waals surface area contributed by atoms with Crippen molar-refractivity contribution in [2.75, 3.05) is 0 Å². The normalized spacial score (nSPS) is 12.2. The zero-order valence-electron chi connectivity index (χ0n) is 51.3. The van der Waals surface area contributed by atoms with Crippen LogP contribution in [0.15, 0.2) is 320 Å². The highest BCUT2D eigenvalue weighted by Crippen LogP contribution is 2.52. The van der Waals surface area contributed by atoms with Crippen molar-refractivity contribution in [2.24, 2.45) is 0 Å². The van der Waals surface area contributed by atoms with E-state index in [1.165, 1.54) is 188 Å². The van der Waals surface area contributed by atoms with Crippen molar-refractivity contribution >= 4 is 187 Å². The van der Waals surface area contributed by atoms with Crippen LogP contribution < -0.4 is 0 Å². The predicted molar refractivity (Wildman–Crippen MR) is 414 cm³/mol. The summed E-state index contributed by atoms with van der Waals surface area (Å²) in [6.07, 6.45) is 0.983. The minimum Gasteiger partial charge on any atom is -0.309 e. The summed E-state index contributed by atoms with van der Waals surface area (Å²) < 4.78 is 14.0. The third kappa shape index (κ3) is 8.35. The highest BCUT2D eigenvalue weighted by atomic mass is 79.9. The number of rotatable bonds is 3. The van der Waals surface area contributed by atoms with Gasteiger partial charge < -0.3 is 13.7 Å². The van der Waals surface area contributed by atoms with Crippen molar-refractivity contribution in [3.8, 4) is 28.2 Å². The highest BCUT2D eigenvalue weighted by Gasteiger charge is 2.30. The van der Waals surface area contributed by atoms with Gasteiger partial charge in [-0.3, -0.25) is 0 Å². The summed E-state index contributed by atoms with van der Waals surface area (Å²) in [5.41, 5.74) is 16.8. The molecule has 5 aromatic heterocycles. The van der Waals surface area contributed by atoms with Gasteiger partial charge in [0.15, 0.2) is 0 Å². The molecule has 0 N–H and O–H groups in total. The number of para-hydroxylation sites is 4. The van der Waals surface area contributed by atoms with Gasteiger partial charge in [-0.05, 0) is 147 Å². The van der Waals surface area contributed by atoms with Crippen molar-refractivity contribution in [3.63, 3.8) is 0 Å². The standard InChI is InChI=1S/C44H26N2S.C33H21N.C12H7BrS/c1-2-14-29(15-3-1)45-37-20-10-8-19-35(37)41-42-36-24-27-12-4-5-13-28(27)25-38(36)46(44(42)34-18-7-6-17-33(34)43(41)45)30-22-23-32-31-16-9-11-21-39(31)47-40(32)26-30;1-2-12-24(13-3-1)34-30-17-9-8-16-27(30)32-31-28-19-22-11-5-4-10-21(22)18-23(28)20-29(31)25-14-6-7-15-26(25)33(32)34;13-8-5-6-10-9-3-1-2-4-11(9)14-12(10)7-8/h1-26H;1-19H,20H2;1-7H. The molecule has 0 spiro atoms. The van der Waals surface area contributed by atoms with E-state index in [0.29, 0.717) is 0 Å². The summed E-state index contributed by atoms with van der Waals surface area (Å²) in [6, 6.07) is 115. The van der Waals surface area contributed by atoms with E-state index >= 15 is 0 Å². The molecule has 22 rings (SSSR count). The number of thiophene rings is 2. The smallest absolute Gasteiger partial charge is 0.0627 e. The molecule has 0 amide bonds. The quantitative estimate of drug-likeness (QED) is 0.167. The number of halogens is 1. The number of benzene rings is 16. The maximum Gasteiger partial charge on any atom is 0.0627 e. The van der Waals surface area contributed by atoms with Gasteiger partial charge >= 0.3 is 0 Å². The fourth-order valence-corrected chi connectivity index (χ4v) is 18.8. The Labute approximate surface area is 562 Å². The maximum absolute atomic E-state index is 3.50. The van der Waals surface area contributed by atoms with Crippen LogP contribution in [0.25, 0.3) is 177 Å². The van der Waals surface area contributed by atoms with E-state index in [9.17, 15) is 0 Å². The molecule has 16 aromatic carbocycles. The highest BCUT2D eigenvalue weighted by molar-refractivity contribution is 9.10. The van der Waals surface area contributed by atoms with Crippen LogP contribution >= 0.6 is 38.6 Å². The van der Waals surface area contributed by atoms with Crippen molar-refractivity contribution in [3.05, 3.63) is 331 Å². The molecule has 0 unspecified atom stereocenters. The molecule has 3 nitrogen and oxygen atoms in total. The largest absolute Gasteiger partial charge is 0.309 e. The lowest BCUT2D eigenvalue weighted by molar-refractivity contribution is 1.18. The second kappa shape index (κ2) is 21.5. The molecule has 21 aromatic rings. The van der Waals surface area contributed by atoms with Crippen LogP contribution in [-0.4, -0.2) is 13.7 Å². The predicted octanol–water partition coefficient (Wildman–Crippen LogP) is 26.0. The third-order valence-corrected chi connectivity index (χ3v) is 22.7. The molecule has 6 heteroatoms. The van der Waals surface area contributed by atoms with E-state index < -0.39 is 0 Å². The SMILES string of the molecule is Brc1ccc2c(c1)sc1ccccc12.c1ccc(-n2c3ccccc3c3c4c(c5ccccc5c32)Cc2cc3ccccc3cc2-4)cc1.c1ccc(-n2c3ccccc3c3c4c5cc6ccccc6cc5n(-c5ccc6c(c5)sc5ccccc56)c4c4ccccc4c32)cc1. The Balaban J connectivity index is 0.000000112. The molecule has 0 bridgehead atoms. The fourth-order valence-electron chi connectivity index (χ4n) is 16.0. The zero-order chi connectivity index (χ0) is 62.4. The molecular weight excluding hydrogens is 1260 g/mol. The average molecular weight is 1310 g/mol. The molecule has 1 aliphatic carbocycles. The first kappa shape index (κ1) is 54.4. The lowest BCUT2D eigenvalue weighted by atomic mass is 9.93. The fraction of sp³-hybridized carbons (Fsp3) is 0.0112. The van der Waals surface area contributed by atoms with Crippen molar-refractivity contribution < 1.29 is 0 Å². The molecular formula is C89H54BrN3S2. The number of hydrogen-bond donors (Lipinski definition) is 0.